The molecule has 122 valence electrons. The van der Waals surface area contributed by atoms with E-state index in [-0.39, 0.29) is 5.88 Å². The molecule has 0 radical (unpaired) electrons. The number of alkyl halides is 1. The third kappa shape index (κ3) is 4.14. The number of rotatable bonds is 4. The molecule has 0 amide bonds. The summed E-state index contributed by atoms with van der Waals surface area (Å²) in [5.41, 5.74) is 6.99. The Kier molecular flexibility index (Phi) is 5.34. The minimum atomic E-state index is -3.29. The minimum Gasteiger partial charge on any atom is -0.386 e. The molecule has 5 nitrogen and oxygen atoms in total. The number of hydrogen-bond acceptors (Lipinski definition) is 4. The summed E-state index contributed by atoms with van der Waals surface area (Å²) in [5, 5.41) is 0. The van der Waals surface area contributed by atoms with Gasteiger partial charge in [0.15, 0.2) is 9.84 Å². The molecule has 1 aliphatic rings. The highest BCUT2D eigenvalue weighted by atomic mass is 35.5. The molecule has 22 heavy (non-hydrogen) atoms. The van der Waals surface area contributed by atoms with Crippen LogP contribution in [0, 0.1) is 5.92 Å². The Morgan fingerprint density at radius 1 is 1.41 bits per heavy atom. The third-order valence-electron chi connectivity index (χ3n) is 3.88. The van der Waals surface area contributed by atoms with Gasteiger partial charge in [0, 0.05) is 19.3 Å². The van der Waals surface area contributed by atoms with Crippen LogP contribution in [-0.4, -0.2) is 39.5 Å². The van der Waals surface area contributed by atoms with Gasteiger partial charge in [0.25, 0.3) is 0 Å². The number of benzene rings is 1. The summed E-state index contributed by atoms with van der Waals surface area (Å²) in [7, 11) is -3.29. The average molecular weight is 344 g/mol. The number of anilines is 1. The van der Waals surface area contributed by atoms with Gasteiger partial charge in [-0.05, 0) is 37.0 Å². The highest BCUT2D eigenvalue weighted by molar-refractivity contribution is 7.90. The SMILES string of the molecule is CC1CCN(c2cc(N=C(N)CCl)ccc2S(C)(=O)=O)CC1. The van der Waals surface area contributed by atoms with Crippen LogP contribution in [0.25, 0.3) is 0 Å². The molecule has 7 heteroatoms. The van der Waals surface area contributed by atoms with Gasteiger partial charge in [-0.25, -0.2) is 13.4 Å². The topological polar surface area (TPSA) is 75.8 Å². The zero-order valence-electron chi connectivity index (χ0n) is 12.9. The van der Waals surface area contributed by atoms with Crippen LogP contribution in [0.15, 0.2) is 28.1 Å². The van der Waals surface area contributed by atoms with Gasteiger partial charge < -0.3 is 10.6 Å². The predicted octanol–water partition coefficient (Wildman–Crippen LogP) is 2.55. The number of amidine groups is 1. The number of piperidine rings is 1. The van der Waals surface area contributed by atoms with Crippen LogP contribution < -0.4 is 10.6 Å². The molecule has 0 bridgehead atoms. The standard InChI is InChI=1S/C15H22ClN3O2S/c1-11-5-7-19(8-6-11)13-9-12(18-15(17)10-16)3-4-14(13)22(2,20)21/h3-4,9,11H,5-8,10H2,1-2H3,(H2,17,18). The molecule has 2 N–H and O–H groups in total. The van der Waals surface area contributed by atoms with Crippen molar-refractivity contribution in [1.82, 2.24) is 0 Å². The lowest BCUT2D eigenvalue weighted by Gasteiger charge is -2.33. The molecule has 1 aliphatic heterocycles. The third-order valence-corrected chi connectivity index (χ3v) is 5.29. The monoisotopic (exact) mass is 343 g/mol. The molecule has 1 aromatic rings. The predicted molar refractivity (Wildman–Crippen MR) is 92.2 cm³/mol. The van der Waals surface area contributed by atoms with Gasteiger partial charge in [0.1, 0.15) is 5.84 Å². The van der Waals surface area contributed by atoms with Gasteiger partial charge in [-0.1, -0.05) is 6.92 Å². The fourth-order valence-electron chi connectivity index (χ4n) is 2.58. The first-order chi connectivity index (χ1) is 10.3. The Morgan fingerprint density at radius 3 is 2.59 bits per heavy atom. The van der Waals surface area contributed by atoms with Crippen molar-refractivity contribution in [2.24, 2.45) is 16.6 Å². The maximum absolute atomic E-state index is 12.0. The van der Waals surface area contributed by atoms with Crippen LogP contribution in [0.1, 0.15) is 19.8 Å². The molecule has 1 heterocycles. The first-order valence-electron chi connectivity index (χ1n) is 7.29. The van der Waals surface area contributed by atoms with Gasteiger partial charge in [0.2, 0.25) is 0 Å². The van der Waals surface area contributed by atoms with Crippen molar-refractivity contribution >= 4 is 38.6 Å². The number of halogens is 1. The first-order valence-corrected chi connectivity index (χ1v) is 9.72. The molecule has 0 aromatic heterocycles. The van der Waals surface area contributed by atoms with Crippen molar-refractivity contribution in [2.45, 2.75) is 24.7 Å². The summed E-state index contributed by atoms with van der Waals surface area (Å²) in [6.07, 6.45) is 3.34. The largest absolute Gasteiger partial charge is 0.386 e. The van der Waals surface area contributed by atoms with Gasteiger partial charge in [-0.3, -0.25) is 0 Å². The van der Waals surface area contributed by atoms with Crippen LogP contribution in [0.3, 0.4) is 0 Å². The Bertz CT molecular complexity index is 665. The maximum Gasteiger partial charge on any atom is 0.177 e. The van der Waals surface area contributed by atoms with E-state index in [0.29, 0.717) is 28.0 Å². The Labute approximate surface area is 137 Å². The normalized spacial score (nSPS) is 17.8. The number of nitrogens with zero attached hydrogens (tertiary/aromatic N) is 2. The molecule has 0 atom stereocenters. The van der Waals surface area contributed by atoms with E-state index >= 15 is 0 Å². The van der Waals surface area contributed by atoms with E-state index in [2.05, 4.69) is 16.8 Å². The lowest BCUT2D eigenvalue weighted by atomic mass is 9.99. The molecule has 1 fully saturated rings. The second-order valence-electron chi connectivity index (χ2n) is 5.83. The smallest absolute Gasteiger partial charge is 0.177 e. The van der Waals surface area contributed by atoms with E-state index in [4.69, 9.17) is 17.3 Å². The van der Waals surface area contributed by atoms with Crippen molar-refractivity contribution in [3.8, 4) is 0 Å². The molecular formula is C15H22ClN3O2S. The molecular weight excluding hydrogens is 322 g/mol. The van der Waals surface area contributed by atoms with E-state index in [1.807, 2.05) is 0 Å². The van der Waals surface area contributed by atoms with Crippen LogP contribution in [0.4, 0.5) is 11.4 Å². The summed E-state index contributed by atoms with van der Waals surface area (Å²) in [4.78, 5) is 6.67. The summed E-state index contributed by atoms with van der Waals surface area (Å²) < 4.78 is 24.1. The van der Waals surface area contributed by atoms with Crippen molar-refractivity contribution in [3.05, 3.63) is 18.2 Å². The molecule has 0 spiro atoms. The number of sulfone groups is 1. The summed E-state index contributed by atoms with van der Waals surface area (Å²) in [5.74, 6) is 1.13. The van der Waals surface area contributed by atoms with Crippen LogP contribution in [-0.2, 0) is 9.84 Å². The quantitative estimate of drug-likeness (QED) is 0.518. The zero-order valence-corrected chi connectivity index (χ0v) is 14.5. The Morgan fingerprint density at radius 2 is 2.05 bits per heavy atom. The molecule has 0 saturated carbocycles. The van der Waals surface area contributed by atoms with E-state index in [1.54, 1.807) is 18.2 Å². The van der Waals surface area contributed by atoms with Gasteiger partial charge >= 0.3 is 0 Å². The molecule has 1 aromatic carbocycles. The maximum atomic E-state index is 12.0. The van der Waals surface area contributed by atoms with Gasteiger partial charge in [-0.15, -0.1) is 11.6 Å². The van der Waals surface area contributed by atoms with Gasteiger partial charge in [-0.2, -0.15) is 0 Å². The number of nitrogens with two attached hydrogens (primary N) is 1. The van der Waals surface area contributed by atoms with Crippen molar-refractivity contribution in [1.29, 1.82) is 0 Å². The summed E-state index contributed by atoms with van der Waals surface area (Å²) in [6.45, 7) is 3.92. The molecule has 0 aliphatic carbocycles. The highest BCUT2D eigenvalue weighted by Gasteiger charge is 2.22. The Hall–Kier alpha value is -1.27. The second-order valence-corrected chi connectivity index (χ2v) is 8.08. The molecule has 2 rings (SSSR count). The summed E-state index contributed by atoms with van der Waals surface area (Å²) >= 11 is 5.65. The van der Waals surface area contributed by atoms with E-state index in [1.165, 1.54) is 6.26 Å². The van der Waals surface area contributed by atoms with Crippen LogP contribution in [0.2, 0.25) is 0 Å². The number of hydrogen-bond donors (Lipinski definition) is 1. The minimum absolute atomic E-state index is 0.143. The molecule has 0 unspecified atom stereocenters. The lowest BCUT2D eigenvalue weighted by molar-refractivity contribution is 0.437. The fraction of sp³-hybridized carbons (Fsp3) is 0.533. The molecule has 1 saturated heterocycles. The fourth-order valence-corrected chi connectivity index (χ4v) is 3.52. The first kappa shape index (κ1) is 17.1. The zero-order chi connectivity index (χ0) is 16.3. The Balaban J connectivity index is 2.44. The van der Waals surface area contributed by atoms with Crippen LogP contribution in [0.5, 0.6) is 0 Å². The van der Waals surface area contributed by atoms with Crippen molar-refractivity contribution in [3.63, 3.8) is 0 Å². The second kappa shape index (κ2) is 6.87. The van der Waals surface area contributed by atoms with E-state index < -0.39 is 9.84 Å². The van der Waals surface area contributed by atoms with E-state index in [0.717, 1.165) is 25.9 Å². The highest BCUT2D eigenvalue weighted by Crippen LogP contribution is 2.32. The lowest BCUT2D eigenvalue weighted by Crippen LogP contribution is -2.33. The number of aliphatic imine (C=N–C) groups is 1. The van der Waals surface area contributed by atoms with Crippen molar-refractivity contribution < 1.29 is 8.42 Å². The van der Waals surface area contributed by atoms with Crippen molar-refractivity contribution in [2.75, 3.05) is 30.1 Å². The van der Waals surface area contributed by atoms with Crippen LogP contribution >= 0.6 is 11.6 Å². The average Bonchev–Trinajstić information content (AvgIpc) is 2.46. The van der Waals surface area contributed by atoms with E-state index in [9.17, 15) is 8.42 Å². The van der Waals surface area contributed by atoms with Gasteiger partial charge in [0.05, 0.1) is 22.2 Å². The summed E-state index contributed by atoms with van der Waals surface area (Å²) in [6, 6.07) is 5.04.